The number of rotatable bonds is 1. The lowest BCUT2D eigenvalue weighted by atomic mass is 9.94. The first kappa shape index (κ1) is 12.2. The molecule has 20 heavy (non-hydrogen) atoms. The van der Waals surface area contributed by atoms with Gasteiger partial charge in [-0.3, -0.25) is 4.98 Å². The number of nitrogens with one attached hydrogen (secondary N) is 1. The molecule has 0 atom stereocenters. The van der Waals surface area contributed by atoms with Gasteiger partial charge in [-0.05, 0) is 30.4 Å². The van der Waals surface area contributed by atoms with Crippen LogP contribution in [-0.2, 0) is 0 Å². The summed E-state index contributed by atoms with van der Waals surface area (Å²) in [6, 6.07) is 8.69. The summed E-state index contributed by atoms with van der Waals surface area (Å²) < 4.78 is 0. The van der Waals surface area contributed by atoms with Crippen LogP contribution in [0.4, 0.5) is 5.69 Å². The third kappa shape index (κ3) is 1.97. The SMILES string of the molecule is c1cc(N2CCNC3(CCCC3)C2)c2cnccc2c1. The fourth-order valence-corrected chi connectivity index (χ4v) is 3.92. The van der Waals surface area contributed by atoms with E-state index in [1.54, 1.807) is 0 Å². The molecule has 2 fully saturated rings. The summed E-state index contributed by atoms with van der Waals surface area (Å²) in [4.78, 5) is 6.88. The third-order valence-corrected chi connectivity index (χ3v) is 4.94. The molecule has 3 heteroatoms. The average Bonchev–Trinajstić information content (AvgIpc) is 2.94. The Hall–Kier alpha value is -1.61. The number of hydrogen-bond acceptors (Lipinski definition) is 3. The first-order valence-electron chi connectivity index (χ1n) is 7.69. The number of aromatic nitrogens is 1. The fraction of sp³-hybridized carbons (Fsp3) is 0.471. The van der Waals surface area contributed by atoms with E-state index in [1.807, 2.05) is 12.4 Å². The maximum Gasteiger partial charge on any atom is 0.0462 e. The molecule has 1 saturated carbocycles. The molecule has 0 bridgehead atoms. The van der Waals surface area contributed by atoms with E-state index >= 15 is 0 Å². The molecule has 1 spiro atoms. The first-order chi connectivity index (χ1) is 9.86. The summed E-state index contributed by atoms with van der Waals surface area (Å²) in [7, 11) is 0. The van der Waals surface area contributed by atoms with Crippen LogP contribution >= 0.6 is 0 Å². The van der Waals surface area contributed by atoms with E-state index in [0.717, 1.165) is 19.6 Å². The zero-order valence-electron chi connectivity index (χ0n) is 11.8. The van der Waals surface area contributed by atoms with Gasteiger partial charge in [0.2, 0.25) is 0 Å². The van der Waals surface area contributed by atoms with Crippen LogP contribution < -0.4 is 10.2 Å². The van der Waals surface area contributed by atoms with E-state index in [4.69, 9.17) is 0 Å². The van der Waals surface area contributed by atoms with Crippen molar-refractivity contribution in [2.45, 2.75) is 31.2 Å². The monoisotopic (exact) mass is 267 g/mol. The summed E-state index contributed by atoms with van der Waals surface area (Å²) in [5, 5.41) is 6.36. The van der Waals surface area contributed by atoms with Crippen LogP contribution in [0.3, 0.4) is 0 Å². The lowest BCUT2D eigenvalue weighted by Gasteiger charge is -2.43. The van der Waals surface area contributed by atoms with E-state index in [0.29, 0.717) is 5.54 Å². The Labute approximate surface area is 120 Å². The number of fused-ring (bicyclic) bond motifs is 1. The number of anilines is 1. The Morgan fingerprint density at radius 1 is 1.15 bits per heavy atom. The van der Waals surface area contributed by atoms with Crippen molar-refractivity contribution in [3.63, 3.8) is 0 Å². The van der Waals surface area contributed by atoms with E-state index < -0.39 is 0 Å². The van der Waals surface area contributed by atoms with Crippen LogP contribution in [0.2, 0.25) is 0 Å². The number of benzene rings is 1. The molecular weight excluding hydrogens is 246 g/mol. The lowest BCUT2D eigenvalue weighted by Crippen LogP contribution is -2.59. The maximum atomic E-state index is 4.32. The molecule has 1 saturated heterocycles. The van der Waals surface area contributed by atoms with Gasteiger partial charge in [0, 0.05) is 48.6 Å². The van der Waals surface area contributed by atoms with Crippen molar-refractivity contribution < 1.29 is 0 Å². The van der Waals surface area contributed by atoms with Crippen LogP contribution in [0.5, 0.6) is 0 Å². The average molecular weight is 267 g/mol. The van der Waals surface area contributed by atoms with Crippen LogP contribution in [0.25, 0.3) is 10.8 Å². The van der Waals surface area contributed by atoms with Crippen molar-refractivity contribution in [2.75, 3.05) is 24.5 Å². The highest BCUT2D eigenvalue weighted by Gasteiger charge is 2.37. The highest BCUT2D eigenvalue weighted by molar-refractivity contribution is 5.93. The van der Waals surface area contributed by atoms with Crippen molar-refractivity contribution in [1.29, 1.82) is 0 Å². The molecule has 2 heterocycles. The second-order valence-electron chi connectivity index (χ2n) is 6.21. The number of hydrogen-bond donors (Lipinski definition) is 1. The van der Waals surface area contributed by atoms with Crippen molar-refractivity contribution in [3.8, 4) is 0 Å². The smallest absolute Gasteiger partial charge is 0.0462 e. The summed E-state index contributed by atoms with van der Waals surface area (Å²) in [5.74, 6) is 0. The first-order valence-corrected chi connectivity index (χ1v) is 7.69. The Morgan fingerprint density at radius 2 is 2.05 bits per heavy atom. The Kier molecular flexibility index (Phi) is 2.88. The van der Waals surface area contributed by atoms with Crippen LogP contribution in [0.15, 0.2) is 36.7 Å². The minimum absolute atomic E-state index is 0.364. The van der Waals surface area contributed by atoms with E-state index in [1.165, 1.54) is 42.1 Å². The molecular formula is C17H21N3. The molecule has 1 aromatic carbocycles. The van der Waals surface area contributed by atoms with Gasteiger partial charge in [0.1, 0.15) is 0 Å². The summed E-state index contributed by atoms with van der Waals surface area (Å²) in [5.41, 5.74) is 1.71. The molecule has 0 amide bonds. The Morgan fingerprint density at radius 3 is 2.95 bits per heavy atom. The van der Waals surface area contributed by atoms with Crippen LogP contribution in [0.1, 0.15) is 25.7 Å². The normalized spacial score (nSPS) is 21.7. The minimum atomic E-state index is 0.364. The van der Waals surface area contributed by atoms with Crippen LogP contribution in [-0.4, -0.2) is 30.2 Å². The molecule has 1 aliphatic heterocycles. The van der Waals surface area contributed by atoms with E-state index in [9.17, 15) is 0 Å². The standard InChI is InChI=1S/C17H21N3/c1-2-8-17(7-1)13-20(11-10-19-17)16-5-3-4-14-6-9-18-12-15(14)16/h3-6,9,12,19H,1-2,7-8,10-11,13H2. The van der Waals surface area contributed by atoms with Crippen LogP contribution in [0, 0.1) is 0 Å². The predicted molar refractivity (Wildman–Crippen MR) is 83.2 cm³/mol. The zero-order chi connectivity index (χ0) is 13.4. The van der Waals surface area contributed by atoms with Gasteiger partial charge >= 0.3 is 0 Å². The minimum Gasteiger partial charge on any atom is -0.368 e. The highest BCUT2D eigenvalue weighted by Crippen LogP contribution is 2.35. The molecule has 1 aliphatic carbocycles. The highest BCUT2D eigenvalue weighted by atomic mass is 15.2. The molecule has 0 radical (unpaired) electrons. The molecule has 4 rings (SSSR count). The Bertz CT molecular complexity index is 611. The quantitative estimate of drug-likeness (QED) is 0.861. The molecule has 2 aromatic rings. The van der Waals surface area contributed by atoms with Crippen molar-refractivity contribution >= 4 is 16.5 Å². The second kappa shape index (κ2) is 4.74. The fourth-order valence-electron chi connectivity index (χ4n) is 3.92. The van der Waals surface area contributed by atoms with Gasteiger partial charge in [-0.15, -0.1) is 0 Å². The van der Waals surface area contributed by atoms with E-state index in [2.05, 4.69) is 39.5 Å². The predicted octanol–water partition coefficient (Wildman–Crippen LogP) is 2.96. The largest absolute Gasteiger partial charge is 0.368 e. The van der Waals surface area contributed by atoms with Gasteiger partial charge in [0.05, 0.1) is 0 Å². The molecule has 1 aromatic heterocycles. The topological polar surface area (TPSA) is 28.2 Å². The second-order valence-corrected chi connectivity index (χ2v) is 6.21. The van der Waals surface area contributed by atoms with Gasteiger partial charge < -0.3 is 10.2 Å². The van der Waals surface area contributed by atoms with Crippen molar-refractivity contribution in [2.24, 2.45) is 0 Å². The van der Waals surface area contributed by atoms with E-state index in [-0.39, 0.29) is 0 Å². The lowest BCUT2D eigenvalue weighted by molar-refractivity contribution is 0.304. The number of piperazine rings is 1. The van der Waals surface area contributed by atoms with Crippen molar-refractivity contribution in [1.82, 2.24) is 10.3 Å². The van der Waals surface area contributed by atoms with Gasteiger partial charge in [-0.1, -0.05) is 25.0 Å². The van der Waals surface area contributed by atoms with Gasteiger partial charge in [-0.2, -0.15) is 0 Å². The van der Waals surface area contributed by atoms with Gasteiger partial charge in [0.25, 0.3) is 0 Å². The maximum absolute atomic E-state index is 4.32. The van der Waals surface area contributed by atoms with Gasteiger partial charge in [0.15, 0.2) is 0 Å². The Balaban J connectivity index is 1.72. The number of pyridine rings is 1. The summed E-state index contributed by atoms with van der Waals surface area (Å²) >= 11 is 0. The van der Waals surface area contributed by atoms with Crippen molar-refractivity contribution in [3.05, 3.63) is 36.7 Å². The molecule has 104 valence electrons. The summed E-state index contributed by atoms with van der Waals surface area (Å²) in [6.07, 6.45) is 9.28. The van der Waals surface area contributed by atoms with Gasteiger partial charge in [-0.25, -0.2) is 0 Å². The molecule has 0 unspecified atom stereocenters. The number of nitrogens with zero attached hydrogens (tertiary/aromatic N) is 2. The molecule has 1 N–H and O–H groups in total. The third-order valence-electron chi connectivity index (χ3n) is 4.94. The summed E-state index contributed by atoms with van der Waals surface area (Å²) in [6.45, 7) is 3.33. The molecule has 2 aliphatic rings. The molecule has 3 nitrogen and oxygen atoms in total. The zero-order valence-corrected chi connectivity index (χ0v) is 11.8.